The molecule has 190 valence electrons. The van der Waals surface area contributed by atoms with E-state index < -0.39 is 10.0 Å². The Bertz CT molecular complexity index is 1290. The van der Waals surface area contributed by atoms with Crippen molar-refractivity contribution < 1.29 is 18.3 Å². The highest BCUT2D eigenvalue weighted by molar-refractivity contribution is 7.88. The molecule has 0 radical (unpaired) electrons. The summed E-state index contributed by atoms with van der Waals surface area (Å²) < 4.78 is 33.9. The largest absolute Gasteiger partial charge is 0.393 e. The Balaban J connectivity index is 1.47. The van der Waals surface area contributed by atoms with Crippen LogP contribution in [-0.2, 0) is 14.8 Å². The van der Waals surface area contributed by atoms with Gasteiger partial charge in [-0.3, -0.25) is 4.68 Å². The predicted octanol–water partition coefficient (Wildman–Crippen LogP) is 1.87. The number of methoxy groups -OCH3 is 1. The first-order valence-electron chi connectivity index (χ1n) is 12.0. The summed E-state index contributed by atoms with van der Waals surface area (Å²) in [6.07, 6.45) is 10.00. The molecule has 3 aromatic rings. The third kappa shape index (κ3) is 4.92. The monoisotopic (exact) mass is 503 g/mol. The summed E-state index contributed by atoms with van der Waals surface area (Å²) in [5.41, 5.74) is 3.93. The first kappa shape index (κ1) is 24.2. The van der Waals surface area contributed by atoms with E-state index in [0.29, 0.717) is 31.6 Å². The lowest BCUT2D eigenvalue weighted by atomic mass is 9.85. The molecular weight excluding hydrogens is 470 g/mol. The zero-order chi connectivity index (χ0) is 24.7. The van der Waals surface area contributed by atoms with Crippen LogP contribution in [0.1, 0.15) is 50.3 Å². The zero-order valence-corrected chi connectivity index (χ0v) is 21.1. The molecule has 1 saturated heterocycles. The van der Waals surface area contributed by atoms with Crippen LogP contribution in [0.2, 0.25) is 0 Å². The van der Waals surface area contributed by atoms with Crippen LogP contribution in [0.25, 0.3) is 16.6 Å². The van der Waals surface area contributed by atoms with E-state index >= 15 is 0 Å². The van der Waals surface area contributed by atoms with E-state index in [1.807, 2.05) is 34.7 Å². The maximum absolute atomic E-state index is 11.7. The topological polar surface area (TPSA) is 127 Å². The maximum atomic E-state index is 11.7. The number of rotatable bonds is 8. The van der Waals surface area contributed by atoms with E-state index in [2.05, 4.69) is 21.5 Å². The van der Waals surface area contributed by atoms with Gasteiger partial charge >= 0.3 is 0 Å². The number of sulfonamides is 1. The number of anilines is 1. The van der Waals surface area contributed by atoms with Gasteiger partial charge < -0.3 is 15.2 Å². The second kappa shape index (κ2) is 9.49. The van der Waals surface area contributed by atoms with Crippen molar-refractivity contribution in [3.8, 4) is 11.1 Å². The second-order valence-corrected chi connectivity index (χ2v) is 11.8. The fraction of sp³-hybridized carbons (Fsp3) is 0.609. The van der Waals surface area contributed by atoms with E-state index in [4.69, 9.17) is 9.84 Å². The van der Waals surface area contributed by atoms with Crippen molar-refractivity contribution in [2.45, 2.75) is 56.7 Å². The number of fused-ring (bicyclic) bond motifs is 1. The van der Waals surface area contributed by atoms with Crippen molar-refractivity contribution in [3.05, 3.63) is 30.4 Å². The van der Waals surface area contributed by atoms with Crippen LogP contribution in [0.3, 0.4) is 0 Å². The van der Waals surface area contributed by atoms with Crippen molar-refractivity contribution in [1.29, 1.82) is 0 Å². The van der Waals surface area contributed by atoms with E-state index in [0.717, 1.165) is 48.0 Å². The van der Waals surface area contributed by atoms with Gasteiger partial charge in [-0.1, -0.05) is 0 Å². The molecule has 2 aliphatic rings. The fourth-order valence-corrected chi connectivity index (χ4v) is 5.90. The third-order valence-corrected chi connectivity index (χ3v) is 8.27. The summed E-state index contributed by atoms with van der Waals surface area (Å²) in [6, 6.07) is 2.26. The lowest BCUT2D eigenvalue weighted by Crippen LogP contribution is -2.50. The molecule has 2 fully saturated rings. The van der Waals surface area contributed by atoms with Crippen molar-refractivity contribution in [2.24, 2.45) is 0 Å². The van der Waals surface area contributed by atoms with Gasteiger partial charge in [0.15, 0.2) is 0 Å². The molecule has 0 amide bonds. The molecular formula is C23H33N7O4S. The average Bonchev–Trinajstić information content (AvgIpc) is 3.37. The number of nitrogens with one attached hydrogen (secondary N) is 1. The van der Waals surface area contributed by atoms with Gasteiger partial charge in [-0.15, -0.1) is 5.10 Å². The minimum absolute atomic E-state index is 0.0287. The summed E-state index contributed by atoms with van der Waals surface area (Å²) in [5, 5.41) is 22.7. The highest BCUT2D eigenvalue weighted by atomic mass is 32.2. The SMILES string of the molecule is COC[C@H](C)Nc1ncc2c(-c3cnn(C4CN(S(C)(=O)=O)C4)c3)cc(C3CCC(O)CC3)n2n1. The molecule has 12 heteroatoms. The smallest absolute Gasteiger partial charge is 0.241 e. The number of hydrogen-bond acceptors (Lipinski definition) is 8. The molecule has 1 aliphatic carbocycles. The Morgan fingerprint density at radius 1 is 1.23 bits per heavy atom. The molecule has 5 rings (SSSR count). The summed E-state index contributed by atoms with van der Waals surface area (Å²) in [4.78, 5) is 4.55. The van der Waals surface area contributed by atoms with Crippen molar-refractivity contribution in [3.63, 3.8) is 0 Å². The summed E-state index contributed by atoms with van der Waals surface area (Å²) in [5.74, 6) is 0.830. The molecule has 0 bridgehead atoms. The highest BCUT2D eigenvalue weighted by Crippen LogP contribution is 2.38. The van der Waals surface area contributed by atoms with Gasteiger partial charge in [0.1, 0.15) is 0 Å². The number of ether oxygens (including phenoxy) is 1. The van der Waals surface area contributed by atoms with Crippen LogP contribution in [0.15, 0.2) is 24.7 Å². The summed E-state index contributed by atoms with van der Waals surface area (Å²) in [6.45, 7) is 3.43. The Kier molecular flexibility index (Phi) is 6.55. The fourth-order valence-electron chi connectivity index (χ4n) is 5.02. The van der Waals surface area contributed by atoms with Gasteiger partial charge in [0.05, 0.1) is 42.9 Å². The van der Waals surface area contributed by atoms with Gasteiger partial charge in [-0.2, -0.15) is 9.40 Å². The van der Waals surface area contributed by atoms with Crippen LogP contribution >= 0.6 is 0 Å². The van der Waals surface area contributed by atoms with Crippen LogP contribution in [0.4, 0.5) is 5.95 Å². The summed E-state index contributed by atoms with van der Waals surface area (Å²) >= 11 is 0. The van der Waals surface area contributed by atoms with E-state index in [1.165, 1.54) is 10.6 Å². The lowest BCUT2D eigenvalue weighted by Gasteiger charge is -2.36. The molecule has 2 N–H and O–H groups in total. The zero-order valence-electron chi connectivity index (χ0n) is 20.3. The molecule has 35 heavy (non-hydrogen) atoms. The van der Waals surface area contributed by atoms with E-state index in [-0.39, 0.29) is 18.2 Å². The molecule has 0 spiro atoms. The van der Waals surface area contributed by atoms with Crippen LogP contribution in [-0.4, -0.2) is 87.4 Å². The molecule has 4 heterocycles. The van der Waals surface area contributed by atoms with Gasteiger partial charge in [-0.25, -0.2) is 17.9 Å². The lowest BCUT2D eigenvalue weighted by molar-refractivity contribution is 0.121. The van der Waals surface area contributed by atoms with E-state index in [1.54, 1.807) is 7.11 Å². The number of aliphatic hydroxyl groups is 1. The molecule has 3 aromatic heterocycles. The van der Waals surface area contributed by atoms with Gasteiger partial charge in [0.2, 0.25) is 16.0 Å². The Hall–Kier alpha value is -2.54. The molecule has 11 nitrogen and oxygen atoms in total. The van der Waals surface area contributed by atoms with Crippen molar-refractivity contribution in [2.75, 3.05) is 38.4 Å². The standard InChI is InChI=1S/C23H33N7O4S/c1-15(14-34-2)26-23-24-10-22-20(8-21(30(22)27-23)16-4-6-19(31)7-5-16)17-9-25-29(11-17)18-12-28(13-18)35(3,32)33/h8-11,15-16,18-19,31H,4-7,12-14H2,1-3H3,(H,26,27)/t15-,16?,19?/m0/s1. The molecule has 0 aromatic carbocycles. The van der Waals surface area contributed by atoms with Crippen LogP contribution < -0.4 is 5.32 Å². The molecule has 1 atom stereocenters. The predicted molar refractivity (Wildman–Crippen MR) is 132 cm³/mol. The first-order chi connectivity index (χ1) is 16.7. The number of aliphatic hydroxyl groups excluding tert-OH is 1. The van der Waals surface area contributed by atoms with Crippen LogP contribution in [0.5, 0.6) is 0 Å². The number of nitrogens with zero attached hydrogens (tertiary/aromatic N) is 6. The Morgan fingerprint density at radius 3 is 2.66 bits per heavy atom. The number of hydrogen-bond donors (Lipinski definition) is 2. The average molecular weight is 504 g/mol. The van der Waals surface area contributed by atoms with Crippen molar-refractivity contribution in [1.82, 2.24) is 28.7 Å². The van der Waals surface area contributed by atoms with E-state index in [9.17, 15) is 13.5 Å². The minimum atomic E-state index is -3.17. The second-order valence-electron chi connectivity index (χ2n) is 9.81. The Labute approximate surface area is 205 Å². The molecule has 1 saturated carbocycles. The minimum Gasteiger partial charge on any atom is -0.393 e. The van der Waals surface area contributed by atoms with Gasteiger partial charge in [-0.05, 0) is 38.7 Å². The quantitative estimate of drug-likeness (QED) is 0.477. The van der Waals surface area contributed by atoms with Crippen molar-refractivity contribution >= 4 is 21.5 Å². The first-order valence-corrected chi connectivity index (χ1v) is 13.9. The maximum Gasteiger partial charge on any atom is 0.241 e. The molecule has 1 aliphatic heterocycles. The number of aromatic nitrogens is 5. The molecule has 0 unspecified atom stereocenters. The van der Waals surface area contributed by atoms with Crippen LogP contribution in [0, 0.1) is 0 Å². The normalized spacial score (nSPS) is 22.9. The highest BCUT2D eigenvalue weighted by Gasteiger charge is 2.35. The van der Waals surface area contributed by atoms with Gasteiger partial charge in [0.25, 0.3) is 0 Å². The Morgan fingerprint density at radius 2 is 1.97 bits per heavy atom. The third-order valence-electron chi connectivity index (χ3n) is 7.04. The summed E-state index contributed by atoms with van der Waals surface area (Å²) in [7, 11) is -1.50. The van der Waals surface area contributed by atoms with Gasteiger partial charge in [0, 0.05) is 55.2 Å².